The molecule has 1 atom stereocenters. The van der Waals surface area contributed by atoms with E-state index in [0.29, 0.717) is 23.4 Å². The molecule has 1 aromatic carbocycles. The van der Waals surface area contributed by atoms with Crippen LogP contribution in [0.4, 0.5) is 18.0 Å². The van der Waals surface area contributed by atoms with Crippen molar-refractivity contribution in [3.63, 3.8) is 0 Å². The minimum Gasteiger partial charge on any atom is -0.334 e. The van der Waals surface area contributed by atoms with E-state index in [2.05, 4.69) is 11.9 Å². The summed E-state index contributed by atoms with van der Waals surface area (Å²) in [7, 11) is 1.85. The van der Waals surface area contributed by atoms with Gasteiger partial charge in [-0.2, -0.15) is 24.9 Å². The van der Waals surface area contributed by atoms with Gasteiger partial charge in [0, 0.05) is 29.7 Å². The van der Waals surface area contributed by atoms with E-state index in [4.69, 9.17) is 5.73 Å². The highest BCUT2D eigenvalue weighted by Crippen LogP contribution is 2.29. The summed E-state index contributed by atoms with van der Waals surface area (Å²) in [6.45, 7) is 3.78. The number of hydrogen-bond acceptors (Lipinski definition) is 5. The normalized spacial score (nSPS) is 15.2. The lowest BCUT2D eigenvalue weighted by Crippen LogP contribution is -2.42. The van der Waals surface area contributed by atoms with Crippen LogP contribution in [0, 0.1) is 0 Å². The Hall–Kier alpha value is -1.59. The molecule has 11 heteroatoms. The summed E-state index contributed by atoms with van der Waals surface area (Å²) in [5.74, 6) is -0.976. The van der Waals surface area contributed by atoms with Gasteiger partial charge in [-0.1, -0.05) is 24.2 Å². The Bertz CT molecular complexity index is 821. The molecule has 2 rings (SSSR count). The second-order valence-electron chi connectivity index (χ2n) is 7.07. The van der Waals surface area contributed by atoms with Crippen LogP contribution in [0.2, 0.25) is 0 Å². The van der Waals surface area contributed by atoms with Crippen LogP contribution in [0.25, 0.3) is 0 Å². The minimum absolute atomic E-state index is 0.00813. The monoisotopic (exact) mass is 459 g/mol. The van der Waals surface area contributed by atoms with E-state index in [9.17, 15) is 22.8 Å². The van der Waals surface area contributed by atoms with Gasteiger partial charge >= 0.3 is 12.1 Å². The highest BCUT2D eigenvalue weighted by molar-refractivity contribution is 8.13. The Morgan fingerprint density at radius 1 is 1.33 bits per heavy atom. The number of nitrogens with one attached hydrogen (secondary N) is 1. The number of amides is 2. The number of fused-ring (bicyclic) bond motifs is 1. The zero-order valence-corrected chi connectivity index (χ0v) is 18.6. The van der Waals surface area contributed by atoms with E-state index in [1.807, 2.05) is 26.2 Å². The lowest BCUT2D eigenvalue weighted by molar-refractivity contribution is -0.185. The number of alkyl halides is 3. The van der Waals surface area contributed by atoms with E-state index in [1.54, 1.807) is 11.8 Å². The zero-order valence-electron chi connectivity index (χ0n) is 17.0. The predicted octanol–water partition coefficient (Wildman–Crippen LogP) is 1.83. The largest absolute Gasteiger partial charge is 0.471 e. The number of halogens is 3. The maximum Gasteiger partial charge on any atom is 0.471 e. The summed E-state index contributed by atoms with van der Waals surface area (Å²) in [4.78, 5) is 25.7. The first-order valence-electron chi connectivity index (χ1n) is 9.44. The number of hydrogen-bond donors (Lipinski definition) is 2. The molecule has 0 unspecified atom stereocenters. The summed E-state index contributed by atoms with van der Waals surface area (Å²) >= 11 is 2.64. The van der Waals surface area contributed by atoms with Crippen LogP contribution in [0.5, 0.6) is 0 Å². The Morgan fingerprint density at radius 3 is 2.63 bits per heavy atom. The fourth-order valence-electron chi connectivity index (χ4n) is 3.19. The Labute approximate surface area is 183 Å². The zero-order chi connectivity index (χ0) is 22.5. The van der Waals surface area contributed by atoms with Crippen LogP contribution in [0.3, 0.4) is 0 Å². The number of nitrogens with two attached hydrogens (primary N) is 1. The fraction of sp³-hybridized carbons (Fsp3) is 0.474. The molecular formula is C19H25BF3N3O2S2. The lowest BCUT2D eigenvalue weighted by Gasteiger charge is -2.21. The lowest BCUT2D eigenvalue weighted by atomic mass is 9.90. The number of carbonyl (C=O) groups is 2. The van der Waals surface area contributed by atoms with Gasteiger partial charge in [0.25, 0.3) is 5.24 Å². The molecule has 0 bridgehead atoms. The molecule has 1 heterocycles. The highest BCUT2D eigenvalue weighted by Gasteiger charge is 2.42. The van der Waals surface area contributed by atoms with Crippen molar-refractivity contribution in [1.82, 2.24) is 10.2 Å². The minimum atomic E-state index is -4.89. The number of nitrogens with zero attached hydrogens (tertiary/aromatic N) is 1. The quantitative estimate of drug-likeness (QED) is 0.502. The maximum absolute atomic E-state index is 12.8. The van der Waals surface area contributed by atoms with Crippen molar-refractivity contribution in [3.8, 4) is 0 Å². The number of rotatable bonds is 6. The van der Waals surface area contributed by atoms with E-state index < -0.39 is 12.1 Å². The molecule has 1 aliphatic heterocycles. The van der Waals surface area contributed by atoms with Crippen LogP contribution in [0.1, 0.15) is 17.5 Å². The summed E-state index contributed by atoms with van der Waals surface area (Å²) in [5, 5.41) is 2.37. The molecule has 5 nitrogen and oxygen atoms in total. The fourth-order valence-corrected chi connectivity index (χ4v) is 4.64. The second-order valence-corrected chi connectivity index (χ2v) is 9.04. The molecule has 0 saturated carbocycles. The van der Waals surface area contributed by atoms with Gasteiger partial charge in [-0.15, -0.1) is 0 Å². The summed E-state index contributed by atoms with van der Waals surface area (Å²) in [5.41, 5.74) is 8.96. The first-order valence-corrected chi connectivity index (χ1v) is 11.6. The topological polar surface area (TPSA) is 75.4 Å². The number of thioether (sulfide) groups is 2. The smallest absolute Gasteiger partial charge is 0.334 e. The van der Waals surface area contributed by atoms with Crippen molar-refractivity contribution >= 4 is 48.0 Å². The molecule has 0 fully saturated rings. The third-order valence-corrected chi connectivity index (χ3v) is 6.61. The molecule has 0 radical (unpaired) electrons. The molecule has 30 heavy (non-hydrogen) atoms. The predicted molar refractivity (Wildman–Crippen MR) is 119 cm³/mol. The average molecular weight is 459 g/mol. The van der Waals surface area contributed by atoms with Gasteiger partial charge in [0.1, 0.15) is 7.85 Å². The molecule has 164 valence electrons. The van der Waals surface area contributed by atoms with Crippen LogP contribution >= 0.6 is 23.5 Å². The van der Waals surface area contributed by atoms with Gasteiger partial charge in [-0.3, -0.25) is 9.59 Å². The highest BCUT2D eigenvalue weighted by atomic mass is 32.2. The average Bonchev–Trinajstić information content (AvgIpc) is 2.89. The van der Waals surface area contributed by atoms with Crippen molar-refractivity contribution < 1.29 is 22.8 Å². The number of benzene rings is 1. The van der Waals surface area contributed by atoms with Crippen LogP contribution in [-0.4, -0.2) is 61.2 Å². The van der Waals surface area contributed by atoms with Crippen molar-refractivity contribution in [3.05, 3.63) is 35.5 Å². The van der Waals surface area contributed by atoms with Gasteiger partial charge in [-0.25, -0.2) is 0 Å². The molecule has 1 aliphatic rings. The van der Waals surface area contributed by atoms with Gasteiger partial charge < -0.3 is 16.0 Å². The maximum atomic E-state index is 12.8. The van der Waals surface area contributed by atoms with E-state index in [-0.39, 0.29) is 30.8 Å². The van der Waals surface area contributed by atoms with Crippen molar-refractivity contribution in [2.24, 2.45) is 5.73 Å². The van der Waals surface area contributed by atoms with Gasteiger partial charge in [-0.05, 0) is 54.2 Å². The van der Waals surface area contributed by atoms with Gasteiger partial charge in [0.2, 0.25) is 0 Å². The first kappa shape index (κ1) is 24.7. The van der Waals surface area contributed by atoms with E-state index in [0.717, 1.165) is 39.0 Å². The third kappa shape index (κ3) is 6.45. The summed E-state index contributed by atoms with van der Waals surface area (Å²) < 4.78 is 38.4. The van der Waals surface area contributed by atoms with Gasteiger partial charge in [0.15, 0.2) is 0 Å². The molecular weight excluding hydrogens is 434 g/mol. The van der Waals surface area contributed by atoms with E-state index >= 15 is 0 Å². The Morgan fingerprint density at radius 2 is 2.00 bits per heavy atom. The van der Waals surface area contributed by atoms with Crippen molar-refractivity contribution in [1.29, 1.82) is 0 Å². The number of carbonyl (C=O) groups excluding carboxylic acids is 2. The van der Waals surface area contributed by atoms with E-state index in [1.165, 1.54) is 0 Å². The van der Waals surface area contributed by atoms with Crippen LogP contribution < -0.4 is 16.5 Å². The molecule has 1 aromatic rings. The standard InChI is InChI=1S/C19H25BF3N3O2S2/c1-11(15(24)7-10-29-2)25-18(28)30-16-13-6-9-26(17(27)19(21,22)23)8-5-12(13)3-4-14(16)20/h3-4,15H,1,5-10,20,24H2,2H3,(H,25,28)/t15-/m0/s1. The molecule has 3 N–H and O–H groups in total. The Balaban J connectivity index is 2.12. The SMILES string of the molecule is Bc1ccc2c(c1SC(=O)NC(=C)[C@@H](N)CCSC)CCN(C(=O)C(F)(F)F)CC2. The molecule has 0 saturated heterocycles. The second kappa shape index (κ2) is 10.6. The molecule has 2 amide bonds. The van der Waals surface area contributed by atoms with Crippen LogP contribution in [-0.2, 0) is 17.6 Å². The third-order valence-electron chi connectivity index (χ3n) is 4.90. The molecule has 0 aliphatic carbocycles. The van der Waals surface area contributed by atoms with Crippen molar-refractivity contribution in [2.75, 3.05) is 25.1 Å². The first-order chi connectivity index (χ1) is 14.0. The summed E-state index contributed by atoms with van der Waals surface area (Å²) in [6, 6.07) is 3.35. The van der Waals surface area contributed by atoms with Crippen LogP contribution in [0.15, 0.2) is 29.3 Å². The molecule has 0 aromatic heterocycles. The summed E-state index contributed by atoms with van der Waals surface area (Å²) in [6.07, 6.45) is -1.67. The molecule has 0 spiro atoms. The Kier molecular flexibility index (Phi) is 8.75. The van der Waals surface area contributed by atoms with Crippen molar-refractivity contribution in [2.45, 2.75) is 36.4 Å². The van der Waals surface area contributed by atoms with Gasteiger partial charge in [0.05, 0.1) is 0 Å².